The van der Waals surface area contributed by atoms with Gasteiger partial charge in [-0.05, 0) is 46.7 Å². The van der Waals surface area contributed by atoms with Crippen molar-refractivity contribution in [3.8, 4) is 0 Å². The van der Waals surface area contributed by atoms with Gasteiger partial charge in [-0.25, -0.2) is 9.97 Å². The molecule has 19 heavy (non-hydrogen) atoms. The van der Waals surface area contributed by atoms with Crippen LogP contribution >= 0.6 is 0 Å². The number of rotatable bonds is 6. The summed E-state index contributed by atoms with van der Waals surface area (Å²) in [4.78, 5) is 11.3. The quantitative estimate of drug-likeness (QED) is 0.823. The van der Waals surface area contributed by atoms with Gasteiger partial charge < -0.3 is 10.6 Å². The van der Waals surface area contributed by atoms with E-state index in [0.29, 0.717) is 6.04 Å². The van der Waals surface area contributed by atoms with E-state index in [2.05, 4.69) is 39.3 Å². The molecule has 0 aliphatic carbocycles. The molecular formula is C14H25N5. The molecule has 106 valence electrons. The summed E-state index contributed by atoms with van der Waals surface area (Å²) in [6.45, 7) is 10.5. The van der Waals surface area contributed by atoms with Gasteiger partial charge in [0.1, 0.15) is 17.5 Å². The van der Waals surface area contributed by atoms with Crippen molar-refractivity contribution < 1.29 is 0 Å². The van der Waals surface area contributed by atoms with E-state index in [4.69, 9.17) is 0 Å². The highest BCUT2D eigenvalue weighted by Crippen LogP contribution is 2.14. The van der Waals surface area contributed by atoms with Gasteiger partial charge in [0.15, 0.2) is 0 Å². The lowest BCUT2D eigenvalue weighted by molar-refractivity contribution is 0.269. The predicted molar refractivity (Wildman–Crippen MR) is 79.7 cm³/mol. The molecule has 1 fully saturated rings. The summed E-state index contributed by atoms with van der Waals surface area (Å²) in [5, 5.41) is 6.66. The lowest BCUT2D eigenvalue weighted by atomic mass is 10.3. The van der Waals surface area contributed by atoms with Crippen LogP contribution in [0.4, 0.5) is 11.6 Å². The summed E-state index contributed by atoms with van der Waals surface area (Å²) >= 11 is 0. The van der Waals surface area contributed by atoms with Crippen LogP contribution in [0.3, 0.4) is 0 Å². The van der Waals surface area contributed by atoms with Crippen molar-refractivity contribution in [1.82, 2.24) is 14.9 Å². The Morgan fingerprint density at radius 2 is 1.84 bits per heavy atom. The minimum atomic E-state index is 0.556. The smallest absolute Gasteiger partial charge is 0.131 e. The van der Waals surface area contributed by atoms with Crippen LogP contribution in [0, 0.1) is 6.92 Å². The van der Waals surface area contributed by atoms with E-state index in [9.17, 15) is 0 Å². The Morgan fingerprint density at radius 3 is 2.47 bits per heavy atom. The maximum atomic E-state index is 4.43. The average Bonchev–Trinajstić information content (AvgIpc) is 2.89. The Hall–Kier alpha value is -1.36. The Labute approximate surface area is 115 Å². The third-order valence-corrected chi connectivity index (χ3v) is 3.54. The molecule has 0 bridgehead atoms. The summed E-state index contributed by atoms with van der Waals surface area (Å²) in [5.41, 5.74) is 0. The molecular weight excluding hydrogens is 238 g/mol. The second-order valence-electron chi connectivity index (χ2n) is 5.19. The van der Waals surface area contributed by atoms with Crippen molar-refractivity contribution in [3.05, 3.63) is 11.9 Å². The second kappa shape index (κ2) is 6.70. The Bertz CT molecular complexity index is 401. The standard InChI is InChI=1S/C14H25N5/c1-4-15-13-9-14(18-12(3)17-13)16-10-11(2)19-7-5-6-8-19/h9,11H,4-8,10H2,1-3H3,(H2,15,16,17,18). The predicted octanol–water partition coefficient (Wildman–Crippen LogP) is 2.11. The summed E-state index contributed by atoms with van der Waals surface area (Å²) in [5.74, 6) is 2.61. The number of anilines is 2. The highest BCUT2D eigenvalue weighted by Gasteiger charge is 2.17. The highest BCUT2D eigenvalue weighted by molar-refractivity contribution is 5.47. The lowest BCUT2D eigenvalue weighted by Crippen LogP contribution is -2.35. The molecule has 5 nitrogen and oxygen atoms in total. The highest BCUT2D eigenvalue weighted by atomic mass is 15.2. The van der Waals surface area contributed by atoms with E-state index < -0.39 is 0 Å². The first-order valence-electron chi connectivity index (χ1n) is 7.26. The van der Waals surface area contributed by atoms with Gasteiger partial charge in [0.05, 0.1) is 0 Å². The van der Waals surface area contributed by atoms with Crippen molar-refractivity contribution in [2.45, 2.75) is 39.7 Å². The van der Waals surface area contributed by atoms with E-state index in [0.717, 1.165) is 30.5 Å². The maximum Gasteiger partial charge on any atom is 0.131 e. The molecule has 2 N–H and O–H groups in total. The van der Waals surface area contributed by atoms with Gasteiger partial charge in [0, 0.05) is 25.2 Å². The summed E-state index contributed by atoms with van der Waals surface area (Å²) in [7, 11) is 0. The lowest BCUT2D eigenvalue weighted by Gasteiger charge is -2.24. The number of nitrogens with zero attached hydrogens (tertiary/aromatic N) is 3. The molecule has 1 unspecified atom stereocenters. The molecule has 5 heteroatoms. The van der Waals surface area contributed by atoms with E-state index in [1.165, 1.54) is 25.9 Å². The Kier molecular flexibility index (Phi) is 4.96. The van der Waals surface area contributed by atoms with Crippen molar-refractivity contribution in [2.24, 2.45) is 0 Å². The second-order valence-corrected chi connectivity index (χ2v) is 5.19. The van der Waals surface area contributed by atoms with Crippen molar-refractivity contribution in [2.75, 3.05) is 36.8 Å². The third-order valence-electron chi connectivity index (χ3n) is 3.54. The number of aromatic nitrogens is 2. The maximum absolute atomic E-state index is 4.43. The van der Waals surface area contributed by atoms with Gasteiger partial charge in [0.25, 0.3) is 0 Å². The van der Waals surface area contributed by atoms with Gasteiger partial charge in [-0.15, -0.1) is 0 Å². The van der Waals surface area contributed by atoms with Crippen LogP contribution in [0.1, 0.15) is 32.5 Å². The van der Waals surface area contributed by atoms with E-state index in [1.807, 2.05) is 13.0 Å². The molecule has 0 amide bonds. The average molecular weight is 263 g/mol. The van der Waals surface area contributed by atoms with Crippen molar-refractivity contribution in [1.29, 1.82) is 0 Å². The normalized spacial score (nSPS) is 17.4. The first kappa shape index (κ1) is 14.1. The van der Waals surface area contributed by atoms with Gasteiger partial charge in [-0.2, -0.15) is 0 Å². The van der Waals surface area contributed by atoms with Gasteiger partial charge in [-0.1, -0.05) is 0 Å². The molecule has 1 aliphatic heterocycles. The number of nitrogens with one attached hydrogen (secondary N) is 2. The molecule has 1 aromatic heterocycles. The monoisotopic (exact) mass is 263 g/mol. The number of hydrogen-bond donors (Lipinski definition) is 2. The van der Waals surface area contributed by atoms with Crippen molar-refractivity contribution >= 4 is 11.6 Å². The van der Waals surface area contributed by atoms with Crippen molar-refractivity contribution in [3.63, 3.8) is 0 Å². The Morgan fingerprint density at radius 1 is 1.21 bits per heavy atom. The SMILES string of the molecule is CCNc1cc(NCC(C)N2CCCC2)nc(C)n1. The summed E-state index contributed by atoms with van der Waals surface area (Å²) < 4.78 is 0. The molecule has 0 saturated carbocycles. The van der Waals surface area contributed by atoms with Crippen LogP contribution in [0.2, 0.25) is 0 Å². The van der Waals surface area contributed by atoms with Crippen LogP contribution in [-0.4, -0.2) is 47.1 Å². The zero-order chi connectivity index (χ0) is 13.7. The number of aryl methyl sites for hydroxylation is 1. The van der Waals surface area contributed by atoms with Crippen LogP contribution in [0.15, 0.2) is 6.07 Å². The molecule has 1 saturated heterocycles. The van der Waals surface area contributed by atoms with Crippen LogP contribution < -0.4 is 10.6 Å². The minimum absolute atomic E-state index is 0.556. The molecule has 0 spiro atoms. The Balaban J connectivity index is 1.90. The third kappa shape index (κ3) is 4.06. The first-order valence-corrected chi connectivity index (χ1v) is 7.26. The summed E-state index contributed by atoms with van der Waals surface area (Å²) in [6, 6.07) is 2.54. The number of hydrogen-bond acceptors (Lipinski definition) is 5. The fraction of sp³-hybridized carbons (Fsp3) is 0.714. The van der Waals surface area contributed by atoms with Gasteiger partial charge in [0.2, 0.25) is 0 Å². The van der Waals surface area contributed by atoms with Gasteiger partial charge in [-0.3, -0.25) is 4.90 Å². The van der Waals surface area contributed by atoms with Crippen LogP contribution in [0.25, 0.3) is 0 Å². The summed E-state index contributed by atoms with van der Waals surface area (Å²) in [6.07, 6.45) is 2.67. The molecule has 2 rings (SSSR count). The molecule has 1 atom stereocenters. The van der Waals surface area contributed by atoms with E-state index in [1.54, 1.807) is 0 Å². The zero-order valence-corrected chi connectivity index (χ0v) is 12.2. The molecule has 1 aromatic rings. The minimum Gasteiger partial charge on any atom is -0.370 e. The fourth-order valence-electron chi connectivity index (χ4n) is 2.49. The van der Waals surface area contributed by atoms with Crippen LogP contribution in [-0.2, 0) is 0 Å². The van der Waals surface area contributed by atoms with E-state index in [-0.39, 0.29) is 0 Å². The molecule has 0 radical (unpaired) electrons. The molecule has 1 aliphatic rings. The zero-order valence-electron chi connectivity index (χ0n) is 12.2. The van der Waals surface area contributed by atoms with Gasteiger partial charge >= 0.3 is 0 Å². The topological polar surface area (TPSA) is 53.1 Å². The molecule has 2 heterocycles. The first-order chi connectivity index (χ1) is 9.19. The largest absolute Gasteiger partial charge is 0.370 e. The molecule has 0 aromatic carbocycles. The van der Waals surface area contributed by atoms with E-state index >= 15 is 0 Å². The fourth-order valence-corrected chi connectivity index (χ4v) is 2.49. The number of likely N-dealkylation sites (tertiary alicyclic amines) is 1. The van der Waals surface area contributed by atoms with Crippen LogP contribution in [0.5, 0.6) is 0 Å².